The normalized spacial score (nSPS) is 15.0. The topological polar surface area (TPSA) is 76.4 Å². The Kier molecular flexibility index (Phi) is 5.79. The Bertz CT molecular complexity index is 442. The van der Waals surface area contributed by atoms with E-state index in [0.29, 0.717) is 13.2 Å². The van der Waals surface area contributed by atoms with Crippen molar-refractivity contribution >= 4 is 5.96 Å². The molecule has 0 saturated heterocycles. The van der Waals surface area contributed by atoms with Crippen LogP contribution in [0.25, 0.3) is 0 Å². The molecule has 1 aromatic rings. The molecule has 0 spiro atoms. The molecule has 0 amide bonds. The standard InChI is InChI=1S/C13H24N6O/c1-3-20-9-7-15-13(14-2)16-10-12-18-17-11-6-4-5-8-19(11)12/h3-10H2,1-2H3,(H2,14,15,16). The minimum absolute atomic E-state index is 0.640. The lowest BCUT2D eigenvalue weighted by Gasteiger charge is -2.16. The Morgan fingerprint density at radius 2 is 2.25 bits per heavy atom. The van der Waals surface area contributed by atoms with E-state index in [-0.39, 0.29) is 0 Å². The van der Waals surface area contributed by atoms with Crippen LogP contribution < -0.4 is 10.6 Å². The molecule has 7 nitrogen and oxygen atoms in total. The van der Waals surface area contributed by atoms with Gasteiger partial charge in [-0.2, -0.15) is 0 Å². The van der Waals surface area contributed by atoms with Crippen molar-refractivity contribution in [1.82, 2.24) is 25.4 Å². The molecule has 0 fully saturated rings. The molecule has 0 unspecified atom stereocenters. The van der Waals surface area contributed by atoms with Gasteiger partial charge in [0.2, 0.25) is 0 Å². The summed E-state index contributed by atoms with van der Waals surface area (Å²) in [6.07, 6.45) is 3.46. The second-order valence-corrected chi connectivity index (χ2v) is 4.69. The zero-order chi connectivity index (χ0) is 14.2. The van der Waals surface area contributed by atoms with E-state index in [9.17, 15) is 0 Å². The molecule has 2 rings (SSSR count). The number of rotatable bonds is 6. The van der Waals surface area contributed by atoms with Crippen molar-refractivity contribution in [3.05, 3.63) is 11.6 Å². The van der Waals surface area contributed by atoms with Crippen molar-refractivity contribution in [3.8, 4) is 0 Å². The maximum Gasteiger partial charge on any atom is 0.191 e. The van der Waals surface area contributed by atoms with Gasteiger partial charge in [0, 0.05) is 33.2 Å². The maximum atomic E-state index is 5.28. The third-order valence-corrected chi connectivity index (χ3v) is 3.32. The number of nitrogens with zero attached hydrogens (tertiary/aromatic N) is 4. The molecule has 1 aliphatic rings. The van der Waals surface area contributed by atoms with Gasteiger partial charge in [-0.1, -0.05) is 0 Å². The average Bonchev–Trinajstić information content (AvgIpc) is 2.90. The maximum absolute atomic E-state index is 5.28. The highest BCUT2D eigenvalue weighted by Crippen LogP contribution is 2.13. The van der Waals surface area contributed by atoms with E-state index in [1.54, 1.807) is 7.05 Å². The van der Waals surface area contributed by atoms with Crippen molar-refractivity contribution in [2.24, 2.45) is 4.99 Å². The second kappa shape index (κ2) is 7.84. The van der Waals surface area contributed by atoms with Crippen LogP contribution in [0.5, 0.6) is 0 Å². The summed E-state index contributed by atoms with van der Waals surface area (Å²) in [5, 5.41) is 15.0. The number of hydrogen-bond donors (Lipinski definition) is 2. The molecular weight excluding hydrogens is 256 g/mol. The van der Waals surface area contributed by atoms with Gasteiger partial charge in [-0.05, 0) is 19.8 Å². The highest BCUT2D eigenvalue weighted by Gasteiger charge is 2.15. The smallest absolute Gasteiger partial charge is 0.191 e. The molecule has 112 valence electrons. The first-order valence-electron chi connectivity index (χ1n) is 7.28. The van der Waals surface area contributed by atoms with E-state index in [2.05, 4.69) is 30.4 Å². The van der Waals surface area contributed by atoms with Gasteiger partial charge < -0.3 is 19.9 Å². The molecule has 20 heavy (non-hydrogen) atoms. The van der Waals surface area contributed by atoms with Gasteiger partial charge in [0.1, 0.15) is 5.82 Å². The van der Waals surface area contributed by atoms with Crippen LogP contribution in [0.2, 0.25) is 0 Å². The van der Waals surface area contributed by atoms with Crippen molar-refractivity contribution in [2.75, 3.05) is 26.8 Å². The Morgan fingerprint density at radius 3 is 3.05 bits per heavy atom. The molecule has 0 bridgehead atoms. The number of guanidine groups is 1. The molecule has 2 heterocycles. The van der Waals surface area contributed by atoms with Gasteiger partial charge in [-0.15, -0.1) is 10.2 Å². The van der Waals surface area contributed by atoms with Crippen molar-refractivity contribution < 1.29 is 4.74 Å². The number of hydrogen-bond acceptors (Lipinski definition) is 4. The third-order valence-electron chi connectivity index (χ3n) is 3.32. The van der Waals surface area contributed by atoms with E-state index in [0.717, 1.165) is 43.7 Å². The molecule has 0 saturated carbocycles. The molecule has 2 N–H and O–H groups in total. The number of aryl methyl sites for hydroxylation is 1. The minimum Gasteiger partial charge on any atom is -0.380 e. The highest BCUT2D eigenvalue weighted by atomic mass is 16.5. The van der Waals surface area contributed by atoms with Crippen molar-refractivity contribution in [3.63, 3.8) is 0 Å². The van der Waals surface area contributed by atoms with E-state index in [4.69, 9.17) is 4.74 Å². The molecule has 0 aromatic carbocycles. The molecule has 0 radical (unpaired) electrons. The summed E-state index contributed by atoms with van der Waals surface area (Å²) in [6, 6.07) is 0. The van der Waals surface area contributed by atoms with E-state index < -0.39 is 0 Å². The first-order valence-corrected chi connectivity index (χ1v) is 7.28. The van der Waals surface area contributed by atoms with Gasteiger partial charge >= 0.3 is 0 Å². The highest BCUT2D eigenvalue weighted by molar-refractivity contribution is 5.79. The summed E-state index contributed by atoms with van der Waals surface area (Å²) in [5.41, 5.74) is 0. The van der Waals surface area contributed by atoms with Gasteiger partial charge in [0.15, 0.2) is 11.8 Å². The van der Waals surface area contributed by atoms with Crippen LogP contribution in [-0.4, -0.2) is 47.5 Å². The van der Waals surface area contributed by atoms with E-state index >= 15 is 0 Å². The lowest BCUT2D eigenvalue weighted by Crippen LogP contribution is -2.39. The fourth-order valence-corrected chi connectivity index (χ4v) is 2.27. The second-order valence-electron chi connectivity index (χ2n) is 4.69. The Hall–Kier alpha value is -1.63. The largest absolute Gasteiger partial charge is 0.380 e. The summed E-state index contributed by atoms with van der Waals surface area (Å²) in [7, 11) is 1.76. The molecule has 7 heteroatoms. The number of aliphatic imine (C=N–C) groups is 1. The summed E-state index contributed by atoms with van der Waals surface area (Å²) in [5.74, 6) is 2.85. The van der Waals surface area contributed by atoms with Crippen LogP contribution in [0.4, 0.5) is 0 Å². The zero-order valence-corrected chi connectivity index (χ0v) is 12.4. The number of ether oxygens (including phenoxy) is 1. The summed E-state index contributed by atoms with van der Waals surface area (Å²) in [4.78, 5) is 4.18. The van der Waals surface area contributed by atoms with Crippen LogP contribution >= 0.6 is 0 Å². The van der Waals surface area contributed by atoms with E-state index in [1.165, 1.54) is 12.8 Å². The zero-order valence-electron chi connectivity index (χ0n) is 12.4. The van der Waals surface area contributed by atoms with Gasteiger partial charge in [-0.3, -0.25) is 4.99 Å². The molecule has 0 aliphatic carbocycles. The summed E-state index contributed by atoms with van der Waals surface area (Å²) < 4.78 is 7.49. The fourth-order valence-electron chi connectivity index (χ4n) is 2.27. The lowest BCUT2D eigenvalue weighted by molar-refractivity contribution is 0.152. The van der Waals surface area contributed by atoms with Gasteiger partial charge in [0.05, 0.1) is 13.2 Å². The lowest BCUT2D eigenvalue weighted by atomic mass is 10.2. The number of fused-ring (bicyclic) bond motifs is 1. The SMILES string of the molecule is CCOCCNC(=NC)NCc1nnc2n1CCCC2. The molecule has 1 aromatic heterocycles. The van der Waals surface area contributed by atoms with Crippen LogP contribution in [0.1, 0.15) is 31.4 Å². The van der Waals surface area contributed by atoms with Crippen LogP contribution in [0.15, 0.2) is 4.99 Å². The number of nitrogens with one attached hydrogen (secondary N) is 2. The Labute approximate surface area is 119 Å². The van der Waals surface area contributed by atoms with Crippen LogP contribution in [-0.2, 0) is 24.2 Å². The monoisotopic (exact) mass is 280 g/mol. The minimum atomic E-state index is 0.640. The predicted molar refractivity (Wildman–Crippen MR) is 77.7 cm³/mol. The first-order chi connectivity index (χ1) is 9.85. The predicted octanol–water partition coefficient (Wildman–Crippen LogP) is 0.316. The molecule has 1 aliphatic heterocycles. The van der Waals surface area contributed by atoms with E-state index in [1.807, 2.05) is 6.92 Å². The van der Waals surface area contributed by atoms with Crippen LogP contribution in [0.3, 0.4) is 0 Å². The summed E-state index contributed by atoms with van der Waals surface area (Å²) >= 11 is 0. The van der Waals surface area contributed by atoms with Crippen molar-refractivity contribution in [1.29, 1.82) is 0 Å². The van der Waals surface area contributed by atoms with Crippen molar-refractivity contribution in [2.45, 2.75) is 39.3 Å². The fraction of sp³-hybridized carbons (Fsp3) is 0.769. The Balaban J connectivity index is 1.80. The van der Waals surface area contributed by atoms with Crippen LogP contribution in [0, 0.1) is 0 Å². The van der Waals surface area contributed by atoms with Gasteiger partial charge in [-0.25, -0.2) is 0 Å². The molecular formula is C13H24N6O. The Morgan fingerprint density at radius 1 is 1.35 bits per heavy atom. The van der Waals surface area contributed by atoms with Gasteiger partial charge in [0.25, 0.3) is 0 Å². The third kappa shape index (κ3) is 3.93. The summed E-state index contributed by atoms with van der Waals surface area (Å²) in [6.45, 7) is 5.81. The first kappa shape index (κ1) is 14.8. The average molecular weight is 280 g/mol. The number of aromatic nitrogens is 3. The quantitative estimate of drug-likeness (QED) is 0.446. The molecule has 0 atom stereocenters.